The fraction of sp³-hybridized carbons (Fsp3) is 0.100. The van der Waals surface area contributed by atoms with Crippen LogP contribution in [0.25, 0.3) is 0 Å². The van der Waals surface area contributed by atoms with Crippen LogP contribution in [0.1, 0.15) is 27.6 Å². The molecule has 0 saturated carbocycles. The van der Waals surface area contributed by atoms with Crippen molar-refractivity contribution >= 4 is 29.2 Å². The summed E-state index contributed by atoms with van der Waals surface area (Å²) in [5.74, 6) is 0.256. The summed E-state index contributed by atoms with van der Waals surface area (Å²) in [5.41, 5.74) is 1.77. The summed E-state index contributed by atoms with van der Waals surface area (Å²) >= 11 is 0. The monoisotopic (exact) mass is 362 g/mol. The molecule has 0 aliphatic rings. The molecule has 136 valence electrons. The molecule has 7 heteroatoms. The zero-order valence-electron chi connectivity index (χ0n) is 14.7. The lowest BCUT2D eigenvalue weighted by Gasteiger charge is -2.07. The number of hydrogen-bond donors (Lipinski definition) is 2. The second-order valence-electron chi connectivity index (χ2n) is 5.55. The number of amides is 1. The van der Waals surface area contributed by atoms with Crippen molar-refractivity contribution in [2.45, 2.75) is 6.92 Å². The first-order chi connectivity index (χ1) is 13.2. The quantitative estimate of drug-likeness (QED) is 0.650. The van der Waals surface area contributed by atoms with Gasteiger partial charge < -0.3 is 15.4 Å². The summed E-state index contributed by atoms with van der Waals surface area (Å²) in [5, 5.41) is 13.8. The highest BCUT2D eigenvalue weighted by molar-refractivity contribution is 6.03. The Morgan fingerprint density at radius 1 is 0.852 bits per heavy atom. The molecule has 0 atom stereocenters. The fourth-order valence-electron chi connectivity index (χ4n) is 2.30. The van der Waals surface area contributed by atoms with Gasteiger partial charge in [-0.15, -0.1) is 10.2 Å². The molecule has 7 nitrogen and oxygen atoms in total. The molecule has 1 amide bonds. The molecule has 1 aromatic heterocycles. The van der Waals surface area contributed by atoms with Gasteiger partial charge in [-0.3, -0.25) is 4.79 Å². The molecule has 0 bridgehead atoms. The van der Waals surface area contributed by atoms with E-state index in [4.69, 9.17) is 4.74 Å². The van der Waals surface area contributed by atoms with Crippen LogP contribution < -0.4 is 10.6 Å². The van der Waals surface area contributed by atoms with Gasteiger partial charge in [0.25, 0.3) is 5.91 Å². The molecule has 27 heavy (non-hydrogen) atoms. The SMILES string of the molecule is CCOC(=O)c1ccc(Nc2ccc(NC(=O)c3ccccc3)nn2)cc1. The molecule has 0 fully saturated rings. The van der Waals surface area contributed by atoms with Crippen molar-refractivity contribution in [1.82, 2.24) is 10.2 Å². The maximum atomic E-state index is 12.1. The van der Waals surface area contributed by atoms with Gasteiger partial charge in [0.2, 0.25) is 0 Å². The van der Waals surface area contributed by atoms with Crippen molar-refractivity contribution in [3.05, 3.63) is 77.9 Å². The topological polar surface area (TPSA) is 93.2 Å². The predicted octanol–water partition coefficient (Wildman–Crippen LogP) is 3.65. The summed E-state index contributed by atoms with van der Waals surface area (Å²) in [6.45, 7) is 2.10. The fourth-order valence-corrected chi connectivity index (χ4v) is 2.30. The lowest BCUT2D eigenvalue weighted by molar-refractivity contribution is 0.0526. The van der Waals surface area contributed by atoms with Crippen LogP contribution >= 0.6 is 0 Å². The number of benzene rings is 2. The van der Waals surface area contributed by atoms with E-state index in [0.717, 1.165) is 5.69 Å². The van der Waals surface area contributed by atoms with Crippen molar-refractivity contribution in [3.63, 3.8) is 0 Å². The first-order valence-electron chi connectivity index (χ1n) is 8.40. The average Bonchev–Trinajstić information content (AvgIpc) is 2.71. The average molecular weight is 362 g/mol. The Morgan fingerprint density at radius 3 is 2.15 bits per heavy atom. The number of esters is 1. The molecular formula is C20H18N4O3. The first kappa shape index (κ1) is 18.1. The Hall–Kier alpha value is -3.74. The van der Waals surface area contributed by atoms with Crippen molar-refractivity contribution in [2.75, 3.05) is 17.2 Å². The molecule has 3 aromatic rings. The molecule has 1 heterocycles. The third-order valence-electron chi connectivity index (χ3n) is 3.61. The largest absolute Gasteiger partial charge is 0.462 e. The van der Waals surface area contributed by atoms with Crippen LogP contribution in [0.15, 0.2) is 66.7 Å². The molecule has 0 unspecified atom stereocenters. The molecule has 0 aliphatic carbocycles. The van der Waals surface area contributed by atoms with E-state index in [-0.39, 0.29) is 11.9 Å². The molecule has 0 aliphatic heterocycles. The van der Waals surface area contributed by atoms with E-state index in [1.54, 1.807) is 67.6 Å². The molecule has 2 aromatic carbocycles. The Kier molecular flexibility index (Phi) is 5.73. The number of carbonyl (C=O) groups is 2. The second-order valence-corrected chi connectivity index (χ2v) is 5.55. The molecule has 0 saturated heterocycles. The third kappa shape index (κ3) is 4.88. The first-order valence-corrected chi connectivity index (χ1v) is 8.40. The minimum Gasteiger partial charge on any atom is -0.462 e. The van der Waals surface area contributed by atoms with Crippen LogP contribution in [0.3, 0.4) is 0 Å². The van der Waals surface area contributed by atoms with Gasteiger partial charge in [0.15, 0.2) is 11.6 Å². The second kappa shape index (κ2) is 8.57. The number of carbonyl (C=O) groups excluding carboxylic acids is 2. The van der Waals surface area contributed by atoms with Gasteiger partial charge in [-0.2, -0.15) is 0 Å². The molecule has 0 radical (unpaired) electrons. The van der Waals surface area contributed by atoms with Gasteiger partial charge in [-0.1, -0.05) is 18.2 Å². The highest BCUT2D eigenvalue weighted by Gasteiger charge is 2.08. The lowest BCUT2D eigenvalue weighted by atomic mass is 10.2. The summed E-state index contributed by atoms with van der Waals surface area (Å²) < 4.78 is 4.95. The number of rotatable bonds is 6. The molecular weight excluding hydrogens is 344 g/mol. The van der Waals surface area contributed by atoms with Crippen LogP contribution in [0.5, 0.6) is 0 Å². The minimum atomic E-state index is -0.359. The van der Waals surface area contributed by atoms with Gasteiger partial charge in [-0.05, 0) is 55.5 Å². The number of anilines is 3. The normalized spacial score (nSPS) is 10.1. The number of nitrogens with zero attached hydrogens (tertiary/aromatic N) is 2. The number of ether oxygens (including phenoxy) is 1. The maximum Gasteiger partial charge on any atom is 0.338 e. The van der Waals surface area contributed by atoms with Gasteiger partial charge >= 0.3 is 5.97 Å². The number of nitrogens with one attached hydrogen (secondary N) is 2. The zero-order chi connectivity index (χ0) is 19.1. The van der Waals surface area contributed by atoms with E-state index in [9.17, 15) is 9.59 Å². The van der Waals surface area contributed by atoms with E-state index < -0.39 is 0 Å². The van der Waals surface area contributed by atoms with Crippen LogP contribution in [-0.4, -0.2) is 28.7 Å². The smallest absolute Gasteiger partial charge is 0.338 e. The maximum absolute atomic E-state index is 12.1. The van der Waals surface area contributed by atoms with Crippen molar-refractivity contribution in [1.29, 1.82) is 0 Å². The van der Waals surface area contributed by atoms with E-state index in [1.807, 2.05) is 6.07 Å². The number of aromatic nitrogens is 2. The summed E-state index contributed by atoms with van der Waals surface area (Å²) in [6, 6.07) is 19.1. The van der Waals surface area contributed by atoms with Crippen LogP contribution in [0, 0.1) is 0 Å². The Morgan fingerprint density at radius 2 is 1.52 bits per heavy atom. The Labute approximate surface area is 156 Å². The van der Waals surface area contributed by atoms with Crippen LogP contribution in [0.2, 0.25) is 0 Å². The molecule has 2 N–H and O–H groups in total. The lowest BCUT2D eigenvalue weighted by Crippen LogP contribution is -2.13. The predicted molar refractivity (Wildman–Crippen MR) is 102 cm³/mol. The van der Waals surface area contributed by atoms with E-state index in [0.29, 0.717) is 29.4 Å². The van der Waals surface area contributed by atoms with E-state index in [1.165, 1.54) is 0 Å². The van der Waals surface area contributed by atoms with E-state index >= 15 is 0 Å². The van der Waals surface area contributed by atoms with Crippen molar-refractivity contribution in [3.8, 4) is 0 Å². The summed E-state index contributed by atoms with van der Waals surface area (Å²) in [6.07, 6.45) is 0. The van der Waals surface area contributed by atoms with Crippen LogP contribution in [-0.2, 0) is 4.74 Å². The summed E-state index contributed by atoms with van der Waals surface area (Å²) in [4.78, 5) is 23.7. The van der Waals surface area contributed by atoms with Crippen molar-refractivity contribution < 1.29 is 14.3 Å². The van der Waals surface area contributed by atoms with Crippen LogP contribution in [0.4, 0.5) is 17.3 Å². The standard InChI is InChI=1S/C20H18N4O3/c1-2-27-20(26)15-8-10-16(11-9-15)21-17-12-13-18(24-23-17)22-19(25)14-6-4-3-5-7-14/h3-13H,2H2,1H3,(H,21,23)(H,22,24,25). The Balaban J connectivity index is 1.60. The highest BCUT2D eigenvalue weighted by Crippen LogP contribution is 2.16. The van der Waals surface area contributed by atoms with Crippen molar-refractivity contribution in [2.24, 2.45) is 0 Å². The molecule has 3 rings (SSSR count). The van der Waals surface area contributed by atoms with E-state index in [2.05, 4.69) is 20.8 Å². The zero-order valence-corrected chi connectivity index (χ0v) is 14.7. The minimum absolute atomic E-state index is 0.250. The van der Waals surface area contributed by atoms with Gasteiger partial charge in [-0.25, -0.2) is 4.79 Å². The van der Waals surface area contributed by atoms with Gasteiger partial charge in [0.1, 0.15) is 0 Å². The van der Waals surface area contributed by atoms with Gasteiger partial charge in [0.05, 0.1) is 12.2 Å². The number of hydrogen-bond acceptors (Lipinski definition) is 6. The Bertz CT molecular complexity index is 910. The van der Waals surface area contributed by atoms with Gasteiger partial charge in [0, 0.05) is 11.3 Å². The summed E-state index contributed by atoms with van der Waals surface area (Å²) in [7, 11) is 0. The third-order valence-corrected chi connectivity index (χ3v) is 3.61. The highest BCUT2D eigenvalue weighted by atomic mass is 16.5. The molecule has 0 spiro atoms.